The van der Waals surface area contributed by atoms with Crippen LogP contribution < -0.4 is 0 Å². The Morgan fingerprint density at radius 3 is 2.58 bits per heavy atom. The molecule has 126 valence electrons. The molecule has 0 spiro atoms. The van der Waals surface area contributed by atoms with Crippen LogP contribution in [0.2, 0.25) is 5.02 Å². The third-order valence-corrected chi connectivity index (χ3v) is 3.88. The van der Waals surface area contributed by atoms with Crippen molar-refractivity contribution in [1.82, 2.24) is 0 Å². The zero-order valence-electron chi connectivity index (χ0n) is 12.8. The number of cyclic esters (lactones) is 1. The van der Waals surface area contributed by atoms with Gasteiger partial charge in [0, 0.05) is 12.5 Å². The number of nitrogens with zero attached hydrogens (tertiary/aromatic N) is 1. The molecular weight excluding hydrogens is 334 g/mol. The van der Waals surface area contributed by atoms with Gasteiger partial charge in [-0.25, -0.2) is 4.79 Å². The summed E-state index contributed by atoms with van der Waals surface area (Å²) in [6, 6.07) is 0.985. The lowest BCUT2D eigenvalue weighted by Gasteiger charge is -2.13. The van der Waals surface area contributed by atoms with E-state index in [1.165, 1.54) is 6.08 Å². The summed E-state index contributed by atoms with van der Waals surface area (Å²) in [5.74, 6) is -1.60. The zero-order chi connectivity index (χ0) is 17.5. The van der Waals surface area contributed by atoms with Crippen molar-refractivity contribution < 1.29 is 19.4 Å². The highest BCUT2D eigenvalue weighted by atomic mass is 35.5. The number of ether oxygens (including phenoxy) is 1. The van der Waals surface area contributed by atoms with Gasteiger partial charge in [-0.3, -0.25) is 4.79 Å². The molecule has 6 nitrogen and oxygen atoms in total. The normalized spacial score (nSPS) is 18.9. The van der Waals surface area contributed by atoms with Crippen LogP contribution in [-0.4, -0.2) is 23.5 Å². The van der Waals surface area contributed by atoms with Crippen LogP contribution in [0, 0.1) is 4.91 Å². The molecule has 0 amide bonds. The van der Waals surface area contributed by atoms with Crippen LogP contribution in [0.25, 0.3) is 0 Å². The number of rotatable bonds is 1. The summed E-state index contributed by atoms with van der Waals surface area (Å²) < 4.78 is 5.11. The first kappa shape index (κ1) is 17.9. The second-order valence-corrected chi connectivity index (χ2v) is 5.57. The predicted octanol–water partition coefficient (Wildman–Crippen LogP) is 4.01. The van der Waals surface area contributed by atoms with Crippen LogP contribution in [0.3, 0.4) is 0 Å². The lowest BCUT2D eigenvalue weighted by Crippen LogP contribution is -2.12. The molecule has 1 aromatic rings. The Kier molecular flexibility index (Phi) is 6.26. The first-order chi connectivity index (χ1) is 11.5. The van der Waals surface area contributed by atoms with Crippen LogP contribution in [0.1, 0.15) is 35.2 Å². The molecule has 0 unspecified atom stereocenters. The fourth-order valence-electron chi connectivity index (χ4n) is 2.31. The highest BCUT2D eigenvalue weighted by molar-refractivity contribution is 6.34. The molecule has 0 atom stereocenters. The van der Waals surface area contributed by atoms with Crippen LogP contribution in [0.5, 0.6) is 5.75 Å². The van der Waals surface area contributed by atoms with Gasteiger partial charge in [0.05, 0.1) is 11.6 Å². The molecule has 1 aliphatic rings. The Labute approximate surface area is 143 Å². The molecule has 7 heteroatoms. The number of esters is 1. The average molecular weight is 350 g/mol. The Morgan fingerprint density at radius 1 is 1.12 bits per heavy atom. The summed E-state index contributed by atoms with van der Waals surface area (Å²) in [5, 5.41) is 12.6. The van der Waals surface area contributed by atoms with Gasteiger partial charge in [0.2, 0.25) is 0 Å². The minimum atomic E-state index is -0.802. The van der Waals surface area contributed by atoms with E-state index in [1.807, 2.05) is 12.2 Å². The fourth-order valence-corrected chi connectivity index (χ4v) is 2.56. The maximum absolute atomic E-state index is 12.3. The lowest BCUT2D eigenvalue weighted by molar-refractivity contribution is -0.114. The first-order valence-electron chi connectivity index (χ1n) is 7.43. The average Bonchev–Trinajstić information content (AvgIpc) is 2.55. The summed E-state index contributed by atoms with van der Waals surface area (Å²) in [4.78, 5) is 35.2. The smallest absolute Gasteiger partial charge is 0.342 e. The molecule has 0 fully saturated rings. The zero-order valence-corrected chi connectivity index (χ0v) is 13.6. The topological polar surface area (TPSA) is 93.0 Å². The molecule has 0 aromatic heterocycles. The van der Waals surface area contributed by atoms with Gasteiger partial charge >= 0.3 is 5.97 Å². The summed E-state index contributed by atoms with van der Waals surface area (Å²) >= 11 is 6.08. The summed E-state index contributed by atoms with van der Waals surface area (Å²) in [6.07, 6.45) is 8.70. The summed E-state index contributed by atoms with van der Waals surface area (Å²) in [7, 11) is 0. The van der Waals surface area contributed by atoms with Crippen LogP contribution in [0.4, 0.5) is 5.69 Å². The number of allylic oxidation sites excluding steroid dienone is 3. The van der Waals surface area contributed by atoms with E-state index >= 15 is 0 Å². The summed E-state index contributed by atoms with van der Waals surface area (Å²) in [6.45, 7) is 0.128. The number of fused-ring (bicyclic) bond motifs is 1. The molecule has 0 saturated heterocycles. The quantitative estimate of drug-likeness (QED) is 0.469. The molecule has 0 radical (unpaired) electrons. The van der Waals surface area contributed by atoms with Gasteiger partial charge in [0.15, 0.2) is 5.78 Å². The maximum Gasteiger partial charge on any atom is 0.342 e. The monoisotopic (exact) mass is 349 g/mol. The number of hydrogen-bond donors (Lipinski definition) is 1. The number of aromatic hydroxyl groups is 1. The number of benzene rings is 1. The molecule has 0 saturated carbocycles. The largest absolute Gasteiger partial charge is 0.507 e. The van der Waals surface area contributed by atoms with E-state index in [1.54, 1.807) is 6.08 Å². The van der Waals surface area contributed by atoms with Gasteiger partial charge in [0.25, 0.3) is 0 Å². The Morgan fingerprint density at radius 2 is 1.83 bits per heavy atom. The van der Waals surface area contributed by atoms with Crippen molar-refractivity contribution in [1.29, 1.82) is 0 Å². The molecule has 24 heavy (non-hydrogen) atoms. The van der Waals surface area contributed by atoms with E-state index in [4.69, 9.17) is 16.3 Å². The van der Waals surface area contributed by atoms with Crippen molar-refractivity contribution in [3.63, 3.8) is 0 Å². The van der Waals surface area contributed by atoms with E-state index in [-0.39, 0.29) is 40.6 Å². The van der Waals surface area contributed by atoms with Crippen molar-refractivity contribution in [2.75, 3.05) is 6.61 Å². The Bertz CT molecular complexity index is 724. The standard InChI is InChI=1S/C17H16ClNO5/c18-16-12-9-11(20)7-5-3-1-2-4-6-8-24-17(22)15(12)14(21)10-13(16)19-23/h2,4-5,7,10,21H,1,3,6,8-9H2/b4-2+,7-5+. The van der Waals surface area contributed by atoms with Gasteiger partial charge in [-0.1, -0.05) is 29.8 Å². The van der Waals surface area contributed by atoms with Crippen molar-refractivity contribution in [3.8, 4) is 5.75 Å². The molecular formula is C17H16ClNO5. The molecule has 1 aliphatic heterocycles. The lowest BCUT2D eigenvalue weighted by atomic mass is 9.99. The highest BCUT2D eigenvalue weighted by Crippen LogP contribution is 2.37. The van der Waals surface area contributed by atoms with Gasteiger partial charge in [-0.05, 0) is 36.1 Å². The second-order valence-electron chi connectivity index (χ2n) is 5.19. The highest BCUT2D eigenvalue weighted by Gasteiger charge is 2.25. The van der Waals surface area contributed by atoms with E-state index in [0.717, 1.165) is 12.5 Å². The minimum absolute atomic E-state index is 0.0403. The summed E-state index contributed by atoms with van der Waals surface area (Å²) in [5.41, 5.74) is -0.407. The number of nitroso groups, excluding NO2 is 1. The van der Waals surface area contributed by atoms with Crippen LogP contribution in [0.15, 0.2) is 35.5 Å². The third kappa shape index (κ3) is 4.29. The number of phenolic OH excluding ortho intramolecular Hbond substituents is 1. The minimum Gasteiger partial charge on any atom is -0.507 e. The van der Waals surface area contributed by atoms with Gasteiger partial charge in [-0.2, -0.15) is 0 Å². The second kappa shape index (κ2) is 8.40. The maximum atomic E-state index is 12.3. The van der Waals surface area contributed by atoms with E-state index in [2.05, 4.69) is 5.18 Å². The number of hydrogen-bond acceptors (Lipinski definition) is 6. The molecule has 1 heterocycles. The number of carbonyl (C=O) groups is 2. The van der Waals surface area contributed by atoms with E-state index < -0.39 is 11.7 Å². The van der Waals surface area contributed by atoms with Crippen molar-refractivity contribution in [2.45, 2.75) is 25.7 Å². The Hall–Kier alpha value is -2.47. The number of halogens is 1. The first-order valence-corrected chi connectivity index (χ1v) is 7.81. The van der Waals surface area contributed by atoms with Crippen molar-refractivity contribution in [3.05, 3.63) is 51.4 Å². The molecule has 2 rings (SSSR count). The van der Waals surface area contributed by atoms with Gasteiger partial charge in [0.1, 0.15) is 17.0 Å². The van der Waals surface area contributed by atoms with Crippen molar-refractivity contribution >= 4 is 29.0 Å². The van der Waals surface area contributed by atoms with E-state index in [0.29, 0.717) is 12.8 Å². The molecule has 1 N–H and O–H groups in total. The van der Waals surface area contributed by atoms with Gasteiger partial charge < -0.3 is 9.84 Å². The Balaban J connectivity index is 2.50. The van der Waals surface area contributed by atoms with Crippen LogP contribution in [-0.2, 0) is 16.0 Å². The molecule has 1 aromatic carbocycles. The van der Waals surface area contributed by atoms with E-state index in [9.17, 15) is 19.6 Å². The number of carbonyl (C=O) groups excluding carboxylic acids is 2. The number of phenols is 1. The SMILES string of the molecule is O=Nc1cc(O)c2c(c1Cl)CC(=O)/C=C/CC/C=C/CCOC2=O. The number of ketones is 1. The van der Waals surface area contributed by atoms with Crippen molar-refractivity contribution in [2.24, 2.45) is 5.18 Å². The fraction of sp³-hybridized carbons (Fsp3) is 0.294. The van der Waals surface area contributed by atoms with Crippen LogP contribution >= 0.6 is 11.6 Å². The van der Waals surface area contributed by atoms with Gasteiger partial charge in [-0.15, -0.1) is 4.91 Å². The molecule has 0 aliphatic carbocycles. The molecule has 0 bridgehead atoms. The third-order valence-electron chi connectivity index (χ3n) is 3.46. The predicted molar refractivity (Wildman–Crippen MR) is 89.7 cm³/mol.